The fraction of sp³-hybridized carbons (Fsp3) is 0.156. The molecule has 0 atom stereocenters. The van der Waals surface area contributed by atoms with Crippen molar-refractivity contribution in [3.8, 4) is 5.75 Å². The summed E-state index contributed by atoms with van der Waals surface area (Å²) in [6, 6.07) is 17.0. The van der Waals surface area contributed by atoms with Crippen molar-refractivity contribution in [3.05, 3.63) is 83.6 Å². The zero-order valence-electron chi connectivity index (χ0n) is 23.1. The first kappa shape index (κ1) is 25.5. The third-order valence-electron chi connectivity index (χ3n) is 7.33. The molecule has 7 rings (SSSR count). The van der Waals surface area contributed by atoms with Crippen molar-refractivity contribution in [3.63, 3.8) is 0 Å². The fourth-order valence-corrected chi connectivity index (χ4v) is 5.67. The lowest BCUT2D eigenvalue weighted by atomic mass is 9.97. The zero-order chi connectivity index (χ0) is 29.5. The summed E-state index contributed by atoms with van der Waals surface area (Å²) in [6.45, 7) is 5.23. The van der Waals surface area contributed by atoms with E-state index in [1.165, 1.54) is 11.6 Å². The molecular formula is C32H24N4O6. The third-order valence-corrected chi connectivity index (χ3v) is 7.33. The second kappa shape index (κ2) is 8.74. The fourth-order valence-electron chi connectivity index (χ4n) is 5.67. The molecule has 1 N–H and O–H groups in total. The van der Waals surface area contributed by atoms with Gasteiger partial charge in [-0.3, -0.25) is 14.5 Å². The minimum atomic E-state index is -0.875. The van der Waals surface area contributed by atoms with E-state index in [-0.39, 0.29) is 22.4 Å². The van der Waals surface area contributed by atoms with E-state index in [1.54, 1.807) is 87.6 Å². The van der Waals surface area contributed by atoms with Crippen molar-refractivity contribution in [2.75, 3.05) is 7.05 Å². The van der Waals surface area contributed by atoms with E-state index in [0.717, 1.165) is 4.90 Å². The number of hydrogen-bond acceptors (Lipinski definition) is 7. The Balaban J connectivity index is 1.67. The molecule has 208 valence electrons. The van der Waals surface area contributed by atoms with Crippen LogP contribution in [-0.4, -0.2) is 56.0 Å². The van der Waals surface area contributed by atoms with Crippen LogP contribution in [0.3, 0.4) is 0 Å². The van der Waals surface area contributed by atoms with Crippen LogP contribution in [0, 0.1) is 0 Å². The average molecular weight is 561 g/mol. The second-order valence-electron chi connectivity index (χ2n) is 11.1. The summed E-state index contributed by atoms with van der Waals surface area (Å²) in [5, 5.41) is 1.90. The van der Waals surface area contributed by atoms with Crippen LogP contribution in [0.25, 0.3) is 43.7 Å². The number of para-hydroxylation sites is 1. The Hall–Kier alpha value is -5.51. The number of nitrogens with zero attached hydrogens (tertiary/aromatic N) is 3. The number of amides is 2. The highest BCUT2D eigenvalue weighted by Gasteiger charge is 2.41. The molecule has 0 bridgehead atoms. The smallest absolute Gasteiger partial charge is 0.419 e. The molecule has 0 saturated carbocycles. The summed E-state index contributed by atoms with van der Waals surface area (Å²) in [5.41, 5.74) is 1.27. The number of nitrogens with one attached hydrogen (secondary N) is 1. The number of H-pyrrole nitrogens is 1. The van der Waals surface area contributed by atoms with Crippen LogP contribution in [-0.2, 0) is 4.74 Å². The Morgan fingerprint density at radius 3 is 2.24 bits per heavy atom. The van der Waals surface area contributed by atoms with Crippen molar-refractivity contribution < 1.29 is 28.7 Å². The standard InChI is InChI=1S/C32H24N4O6/c1-32(2,3)42-31(40)36-25-17(12-8-14-19(25)41-30(39)16-10-6-5-7-11-16)21-23-22(28(37)35(4)29(23)38)20-18-13-9-15-33-27(18)34-24(20)26(21)36/h5-15H,1-4H3,(H,33,34). The molecule has 0 saturated heterocycles. The largest absolute Gasteiger partial charge is 0.443 e. The molecule has 0 radical (unpaired) electrons. The van der Waals surface area contributed by atoms with Crippen LogP contribution < -0.4 is 4.74 Å². The second-order valence-corrected chi connectivity index (χ2v) is 11.1. The van der Waals surface area contributed by atoms with Crippen molar-refractivity contribution >= 4 is 67.6 Å². The molecule has 3 aromatic carbocycles. The molecule has 4 heterocycles. The number of rotatable bonds is 2. The van der Waals surface area contributed by atoms with Crippen LogP contribution in [0.15, 0.2) is 66.9 Å². The maximum absolute atomic E-state index is 14.0. The van der Waals surface area contributed by atoms with Crippen LogP contribution in [0.5, 0.6) is 5.75 Å². The number of hydrogen-bond donors (Lipinski definition) is 1. The van der Waals surface area contributed by atoms with Gasteiger partial charge < -0.3 is 14.5 Å². The van der Waals surface area contributed by atoms with E-state index in [2.05, 4.69) is 9.97 Å². The average Bonchev–Trinajstić information content (AvgIpc) is 3.58. The molecule has 1 aliphatic rings. The highest BCUT2D eigenvalue weighted by molar-refractivity contribution is 6.40. The summed E-state index contributed by atoms with van der Waals surface area (Å²) >= 11 is 0. The quantitative estimate of drug-likeness (QED) is 0.155. The lowest BCUT2D eigenvalue weighted by molar-refractivity contribution is 0.0547. The van der Waals surface area contributed by atoms with Crippen molar-refractivity contribution in [2.45, 2.75) is 26.4 Å². The van der Waals surface area contributed by atoms with E-state index in [9.17, 15) is 19.2 Å². The Labute approximate surface area is 238 Å². The van der Waals surface area contributed by atoms with Gasteiger partial charge in [-0.25, -0.2) is 19.1 Å². The number of carbonyl (C=O) groups is 4. The molecule has 0 fully saturated rings. The minimum Gasteiger partial charge on any atom is -0.443 e. The number of aromatic amines is 1. The highest BCUT2D eigenvalue weighted by Crippen LogP contribution is 2.46. The molecule has 10 heteroatoms. The number of carbonyl (C=O) groups excluding carboxylic acids is 4. The molecule has 42 heavy (non-hydrogen) atoms. The lowest BCUT2D eigenvalue weighted by Crippen LogP contribution is -2.27. The number of ether oxygens (including phenoxy) is 2. The molecule has 0 spiro atoms. The molecule has 1 aliphatic heterocycles. The number of pyridine rings is 1. The lowest BCUT2D eigenvalue weighted by Gasteiger charge is -2.20. The predicted molar refractivity (Wildman–Crippen MR) is 156 cm³/mol. The van der Waals surface area contributed by atoms with Crippen LogP contribution in [0.4, 0.5) is 4.79 Å². The van der Waals surface area contributed by atoms with Gasteiger partial charge in [0.25, 0.3) is 11.8 Å². The van der Waals surface area contributed by atoms with Gasteiger partial charge in [0.05, 0.1) is 27.7 Å². The van der Waals surface area contributed by atoms with E-state index in [0.29, 0.717) is 43.8 Å². The Kier molecular flexibility index (Phi) is 5.30. The van der Waals surface area contributed by atoms with Crippen molar-refractivity contribution in [1.29, 1.82) is 0 Å². The molecular weight excluding hydrogens is 536 g/mol. The number of fused-ring (bicyclic) bond motifs is 10. The van der Waals surface area contributed by atoms with Gasteiger partial charge in [0.1, 0.15) is 16.8 Å². The molecule has 2 amide bonds. The Morgan fingerprint density at radius 2 is 1.52 bits per heavy atom. The molecule has 6 aromatic rings. The van der Waals surface area contributed by atoms with Crippen LogP contribution >= 0.6 is 0 Å². The zero-order valence-corrected chi connectivity index (χ0v) is 23.1. The minimum absolute atomic E-state index is 0.0877. The summed E-state index contributed by atoms with van der Waals surface area (Å²) in [4.78, 5) is 63.2. The summed E-state index contributed by atoms with van der Waals surface area (Å²) in [5.74, 6) is -1.50. The topological polar surface area (TPSA) is 124 Å². The Morgan fingerprint density at radius 1 is 0.833 bits per heavy atom. The number of benzene rings is 3. The van der Waals surface area contributed by atoms with E-state index in [1.807, 2.05) is 0 Å². The van der Waals surface area contributed by atoms with Gasteiger partial charge in [-0.2, -0.15) is 0 Å². The number of esters is 1. The Bertz CT molecular complexity index is 2170. The highest BCUT2D eigenvalue weighted by atomic mass is 16.6. The molecule has 10 nitrogen and oxygen atoms in total. The normalized spacial score (nSPS) is 13.5. The summed E-state index contributed by atoms with van der Waals surface area (Å²) in [6.07, 6.45) is 0.863. The summed E-state index contributed by atoms with van der Waals surface area (Å²) < 4.78 is 13.0. The first-order valence-corrected chi connectivity index (χ1v) is 13.3. The van der Waals surface area contributed by atoms with Crippen molar-refractivity contribution in [1.82, 2.24) is 19.4 Å². The van der Waals surface area contributed by atoms with Crippen LogP contribution in [0.1, 0.15) is 51.8 Å². The molecule has 0 aliphatic carbocycles. The van der Waals surface area contributed by atoms with Crippen molar-refractivity contribution in [2.24, 2.45) is 0 Å². The maximum Gasteiger partial charge on any atom is 0.419 e. The first-order valence-electron chi connectivity index (χ1n) is 13.3. The van der Waals surface area contributed by atoms with E-state index < -0.39 is 29.5 Å². The monoisotopic (exact) mass is 560 g/mol. The first-order chi connectivity index (χ1) is 20.1. The maximum atomic E-state index is 14.0. The van der Waals surface area contributed by atoms with Gasteiger partial charge in [0.15, 0.2) is 5.75 Å². The number of imide groups is 1. The third kappa shape index (κ3) is 3.54. The van der Waals surface area contributed by atoms with Gasteiger partial charge in [0, 0.05) is 34.8 Å². The molecule has 0 unspecified atom stereocenters. The van der Waals surface area contributed by atoms with E-state index in [4.69, 9.17) is 9.47 Å². The van der Waals surface area contributed by atoms with Gasteiger partial charge in [-0.15, -0.1) is 0 Å². The van der Waals surface area contributed by atoms with Gasteiger partial charge in [-0.05, 0) is 51.1 Å². The van der Waals surface area contributed by atoms with E-state index >= 15 is 0 Å². The SMILES string of the molecule is CN1C(=O)c2c(c3c4cccc(OC(=O)c5ccccc5)c4n(C(=O)OC(C)(C)C)c3c3[nH]c4ncccc4c23)C1=O. The summed E-state index contributed by atoms with van der Waals surface area (Å²) in [7, 11) is 1.43. The van der Waals surface area contributed by atoms with Gasteiger partial charge >= 0.3 is 12.1 Å². The van der Waals surface area contributed by atoms with Crippen LogP contribution in [0.2, 0.25) is 0 Å². The van der Waals surface area contributed by atoms with Gasteiger partial charge in [-0.1, -0.05) is 30.3 Å². The predicted octanol–water partition coefficient (Wildman–Crippen LogP) is 6.05. The van der Waals surface area contributed by atoms with Gasteiger partial charge in [0.2, 0.25) is 0 Å². The number of aromatic nitrogens is 3. The molecule has 3 aromatic heterocycles.